The highest BCUT2D eigenvalue weighted by molar-refractivity contribution is 6.63. The van der Waals surface area contributed by atoms with Crippen LogP contribution in [0.2, 0.25) is 0 Å². The zero-order valence-corrected chi connectivity index (χ0v) is 13.0. The molecule has 1 heterocycles. The SMILES string of the molecule is Cc1cc(OC(F)(F)F)cc(O)c1B1OC(C)(C)C(C)(C)O1. The number of hydrogen-bond acceptors (Lipinski definition) is 4. The lowest BCUT2D eigenvalue weighted by molar-refractivity contribution is -0.274. The molecule has 22 heavy (non-hydrogen) atoms. The number of halogens is 3. The van der Waals surface area contributed by atoms with E-state index >= 15 is 0 Å². The minimum Gasteiger partial charge on any atom is -0.508 e. The lowest BCUT2D eigenvalue weighted by Gasteiger charge is -2.32. The van der Waals surface area contributed by atoms with E-state index in [1.807, 2.05) is 27.7 Å². The van der Waals surface area contributed by atoms with Crippen LogP contribution >= 0.6 is 0 Å². The average molecular weight is 318 g/mol. The maximum atomic E-state index is 12.3. The van der Waals surface area contributed by atoms with Gasteiger partial charge in [0.25, 0.3) is 0 Å². The van der Waals surface area contributed by atoms with Gasteiger partial charge in [0.1, 0.15) is 11.5 Å². The molecule has 1 aromatic carbocycles. The summed E-state index contributed by atoms with van der Waals surface area (Å²) in [6.07, 6.45) is -4.81. The third-order valence-electron chi connectivity index (χ3n) is 4.06. The van der Waals surface area contributed by atoms with Gasteiger partial charge in [-0.15, -0.1) is 13.2 Å². The van der Waals surface area contributed by atoms with Gasteiger partial charge < -0.3 is 19.2 Å². The molecule has 1 aliphatic rings. The van der Waals surface area contributed by atoms with Crippen LogP contribution in [0.25, 0.3) is 0 Å². The van der Waals surface area contributed by atoms with Crippen molar-refractivity contribution in [3.63, 3.8) is 0 Å². The molecule has 0 bridgehead atoms. The summed E-state index contributed by atoms with van der Waals surface area (Å²) in [5.74, 6) is -0.847. The highest BCUT2D eigenvalue weighted by atomic mass is 19.4. The minimum atomic E-state index is -4.81. The fourth-order valence-corrected chi connectivity index (χ4v) is 2.21. The number of ether oxygens (including phenoxy) is 1. The topological polar surface area (TPSA) is 47.9 Å². The maximum absolute atomic E-state index is 12.3. The van der Waals surface area contributed by atoms with Crippen LogP contribution in [-0.2, 0) is 9.31 Å². The first-order valence-electron chi connectivity index (χ1n) is 6.77. The number of aromatic hydroxyl groups is 1. The number of rotatable bonds is 2. The van der Waals surface area contributed by atoms with Crippen molar-refractivity contribution in [3.8, 4) is 11.5 Å². The van der Waals surface area contributed by atoms with Crippen LogP contribution in [0.5, 0.6) is 11.5 Å². The Kier molecular flexibility index (Phi) is 3.90. The Balaban J connectivity index is 2.34. The van der Waals surface area contributed by atoms with E-state index in [1.165, 1.54) is 6.07 Å². The summed E-state index contributed by atoms with van der Waals surface area (Å²) in [5.41, 5.74) is -0.541. The van der Waals surface area contributed by atoms with E-state index < -0.39 is 30.4 Å². The second-order valence-corrected chi connectivity index (χ2v) is 6.31. The molecule has 1 aromatic rings. The smallest absolute Gasteiger partial charge is 0.508 e. The second kappa shape index (κ2) is 5.06. The van der Waals surface area contributed by atoms with Crippen molar-refractivity contribution >= 4 is 12.6 Å². The zero-order chi connectivity index (χ0) is 16.9. The Bertz CT molecular complexity index is 545. The van der Waals surface area contributed by atoms with Crippen molar-refractivity contribution in [2.24, 2.45) is 0 Å². The van der Waals surface area contributed by atoms with E-state index in [1.54, 1.807) is 6.92 Å². The van der Waals surface area contributed by atoms with Crippen molar-refractivity contribution in [1.29, 1.82) is 0 Å². The number of phenolic OH excluding ortho intramolecular Hbond substituents is 1. The van der Waals surface area contributed by atoms with Crippen molar-refractivity contribution in [1.82, 2.24) is 0 Å². The highest BCUT2D eigenvalue weighted by Gasteiger charge is 2.52. The quantitative estimate of drug-likeness (QED) is 0.852. The predicted molar refractivity (Wildman–Crippen MR) is 75.2 cm³/mol. The molecule has 4 nitrogen and oxygen atoms in total. The van der Waals surface area contributed by atoms with Gasteiger partial charge in [0.2, 0.25) is 0 Å². The predicted octanol–water partition coefficient (Wildman–Crippen LogP) is 2.90. The molecule has 2 rings (SSSR count). The summed E-state index contributed by atoms with van der Waals surface area (Å²) in [5, 5.41) is 10.1. The van der Waals surface area contributed by atoms with Gasteiger partial charge in [-0.3, -0.25) is 0 Å². The van der Waals surface area contributed by atoms with Gasteiger partial charge in [0, 0.05) is 11.5 Å². The first kappa shape index (κ1) is 17.0. The zero-order valence-electron chi connectivity index (χ0n) is 13.0. The molecular formula is C14H18BF3O4. The van der Waals surface area contributed by atoms with Crippen LogP contribution in [0, 0.1) is 6.92 Å². The highest BCUT2D eigenvalue weighted by Crippen LogP contribution is 2.38. The first-order chi connectivity index (χ1) is 9.82. The normalized spacial score (nSPS) is 20.3. The van der Waals surface area contributed by atoms with Crippen molar-refractivity contribution < 1.29 is 32.3 Å². The Labute approximate surface area is 127 Å². The number of hydrogen-bond donors (Lipinski definition) is 1. The first-order valence-corrected chi connectivity index (χ1v) is 6.77. The van der Waals surface area contributed by atoms with Gasteiger partial charge in [-0.2, -0.15) is 0 Å². The van der Waals surface area contributed by atoms with E-state index in [-0.39, 0.29) is 5.75 Å². The van der Waals surface area contributed by atoms with Crippen LogP contribution in [0.3, 0.4) is 0 Å². The second-order valence-electron chi connectivity index (χ2n) is 6.31. The van der Waals surface area contributed by atoms with E-state index in [2.05, 4.69) is 4.74 Å². The third-order valence-corrected chi connectivity index (χ3v) is 4.06. The average Bonchev–Trinajstić information content (AvgIpc) is 2.43. The molecule has 0 aromatic heterocycles. The number of benzene rings is 1. The molecule has 1 fully saturated rings. The van der Waals surface area contributed by atoms with E-state index in [0.29, 0.717) is 11.0 Å². The van der Waals surface area contributed by atoms with Gasteiger partial charge >= 0.3 is 13.5 Å². The van der Waals surface area contributed by atoms with Crippen molar-refractivity contribution in [2.75, 3.05) is 0 Å². The molecule has 0 atom stereocenters. The third kappa shape index (κ3) is 3.17. The molecule has 0 unspecified atom stereocenters. The maximum Gasteiger partial charge on any atom is 0.573 e. The van der Waals surface area contributed by atoms with E-state index in [9.17, 15) is 18.3 Å². The van der Waals surface area contributed by atoms with Crippen LogP contribution in [0.1, 0.15) is 33.3 Å². The van der Waals surface area contributed by atoms with Crippen molar-refractivity contribution in [3.05, 3.63) is 17.7 Å². The lowest BCUT2D eigenvalue weighted by atomic mass is 9.75. The van der Waals surface area contributed by atoms with E-state index in [0.717, 1.165) is 6.07 Å². The van der Waals surface area contributed by atoms with E-state index in [4.69, 9.17) is 9.31 Å². The summed E-state index contributed by atoms with van der Waals surface area (Å²) in [7, 11) is -0.857. The lowest BCUT2D eigenvalue weighted by Crippen LogP contribution is -2.41. The Morgan fingerprint density at radius 1 is 1.09 bits per heavy atom. The van der Waals surface area contributed by atoms with Crippen LogP contribution in [-0.4, -0.2) is 29.8 Å². The molecule has 0 spiro atoms. The summed E-state index contributed by atoms with van der Waals surface area (Å²) >= 11 is 0. The van der Waals surface area contributed by atoms with Crippen LogP contribution < -0.4 is 10.2 Å². The summed E-state index contributed by atoms with van der Waals surface area (Å²) in [6.45, 7) is 8.95. The summed E-state index contributed by atoms with van der Waals surface area (Å²) in [6, 6.07) is 2.09. The molecule has 1 N–H and O–H groups in total. The van der Waals surface area contributed by atoms with Gasteiger partial charge in [-0.25, -0.2) is 0 Å². The molecule has 0 amide bonds. The fourth-order valence-electron chi connectivity index (χ4n) is 2.21. The molecule has 0 saturated carbocycles. The summed E-state index contributed by atoms with van der Waals surface area (Å²) < 4.78 is 52.2. The largest absolute Gasteiger partial charge is 0.573 e. The van der Waals surface area contributed by atoms with Gasteiger partial charge in [-0.1, -0.05) is 0 Å². The molecule has 122 valence electrons. The number of phenols is 1. The Morgan fingerprint density at radius 3 is 2.00 bits per heavy atom. The van der Waals surface area contributed by atoms with Gasteiger partial charge in [0.15, 0.2) is 0 Å². The van der Waals surface area contributed by atoms with Crippen molar-refractivity contribution in [2.45, 2.75) is 52.2 Å². The number of aryl methyl sites for hydroxylation is 1. The number of alkyl halides is 3. The molecule has 0 radical (unpaired) electrons. The minimum absolute atomic E-state index is 0.299. The fraction of sp³-hybridized carbons (Fsp3) is 0.571. The summed E-state index contributed by atoms with van der Waals surface area (Å²) in [4.78, 5) is 0. The molecule has 8 heteroatoms. The molecule has 0 aliphatic carbocycles. The Morgan fingerprint density at radius 2 is 1.59 bits per heavy atom. The molecular weight excluding hydrogens is 300 g/mol. The van der Waals surface area contributed by atoms with Gasteiger partial charge in [-0.05, 0) is 46.2 Å². The Hall–Kier alpha value is -1.41. The standard InChI is InChI=1S/C14H18BF3O4/c1-8-6-9(20-14(16,17)18)7-10(19)11(8)15-21-12(2,3)13(4,5)22-15/h6-7,19H,1-5H3. The molecule has 1 aliphatic heterocycles. The van der Waals surface area contributed by atoms with Gasteiger partial charge in [0.05, 0.1) is 11.2 Å². The van der Waals surface area contributed by atoms with Crippen LogP contribution in [0.4, 0.5) is 13.2 Å². The monoisotopic (exact) mass is 318 g/mol. The molecule has 1 saturated heterocycles. The van der Waals surface area contributed by atoms with Crippen LogP contribution in [0.15, 0.2) is 12.1 Å².